The van der Waals surface area contributed by atoms with E-state index in [1.807, 2.05) is 25.1 Å². The Morgan fingerprint density at radius 3 is 2.14 bits per heavy atom. The number of carbonyl (C=O) groups is 3. The summed E-state index contributed by atoms with van der Waals surface area (Å²) >= 11 is 0. The molecule has 37 heavy (non-hydrogen) atoms. The molecule has 13 heteroatoms. The molecule has 1 aliphatic rings. The van der Waals surface area contributed by atoms with Crippen LogP contribution in [-0.2, 0) is 43.4 Å². The van der Waals surface area contributed by atoms with Gasteiger partial charge in [-0.15, -0.1) is 0 Å². The van der Waals surface area contributed by atoms with Gasteiger partial charge in [-0.25, -0.2) is 8.42 Å². The highest BCUT2D eigenvalue weighted by atomic mass is 32.2. The highest BCUT2D eigenvalue weighted by Crippen LogP contribution is 2.32. The third kappa shape index (κ3) is 6.55. The van der Waals surface area contributed by atoms with Gasteiger partial charge in [0.2, 0.25) is 10.0 Å². The van der Waals surface area contributed by atoms with Gasteiger partial charge in [0.15, 0.2) is 18.5 Å². The van der Waals surface area contributed by atoms with Gasteiger partial charge < -0.3 is 29.0 Å². The van der Waals surface area contributed by atoms with E-state index >= 15 is 0 Å². The number of benzene rings is 2. The first-order valence-electron chi connectivity index (χ1n) is 11.3. The summed E-state index contributed by atoms with van der Waals surface area (Å²) in [6.07, 6.45) is -6.00. The number of aliphatic hydroxyl groups is 1. The normalized spacial score (nSPS) is 23.8. The van der Waals surface area contributed by atoms with Crippen molar-refractivity contribution in [3.8, 4) is 0 Å². The van der Waals surface area contributed by atoms with Crippen LogP contribution in [0.4, 0.5) is 5.69 Å². The van der Waals surface area contributed by atoms with Crippen molar-refractivity contribution in [2.75, 3.05) is 25.6 Å². The van der Waals surface area contributed by atoms with Gasteiger partial charge in [0.25, 0.3) is 0 Å². The van der Waals surface area contributed by atoms with Gasteiger partial charge in [-0.2, -0.15) is 4.72 Å². The lowest BCUT2D eigenvalue weighted by atomic mass is 9.97. The number of sulfonamides is 1. The van der Waals surface area contributed by atoms with E-state index < -0.39 is 65.2 Å². The fraction of sp³-hybridized carbons (Fsp3) is 0.458. The lowest BCUT2D eigenvalue weighted by molar-refractivity contribution is -0.262. The zero-order chi connectivity index (χ0) is 27.5. The van der Waals surface area contributed by atoms with Crippen LogP contribution in [0.5, 0.6) is 0 Å². The highest BCUT2D eigenvalue weighted by Gasteiger charge is 2.51. The SMILES string of the molecule is CC(=O)OC[C@H]1OC(O)[C@H](NS(=O)(=O)c2cccc3c(N(C)C)cccc23)[C@@H](OC(C)=O)[C@@H]1OC(C)=O. The van der Waals surface area contributed by atoms with E-state index in [2.05, 4.69) is 4.72 Å². The van der Waals surface area contributed by atoms with Crippen LogP contribution < -0.4 is 9.62 Å². The van der Waals surface area contributed by atoms with Crippen molar-refractivity contribution in [3.63, 3.8) is 0 Å². The maximum atomic E-state index is 13.6. The van der Waals surface area contributed by atoms with E-state index in [0.717, 1.165) is 26.5 Å². The summed E-state index contributed by atoms with van der Waals surface area (Å²) in [5.41, 5.74) is 0.789. The summed E-state index contributed by atoms with van der Waals surface area (Å²) in [6, 6.07) is 8.39. The van der Waals surface area contributed by atoms with Crippen LogP contribution in [0.2, 0.25) is 0 Å². The summed E-state index contributed by atoms with van der Waals surface area (Å²) in [4.78, 5) is 36.8. The molecule has 0 amide bonds. The second kappa shape index (κ2) is 11.4. The molecule has 0 radical (unpaired) electrons. The van der Waals surface area contributed by atoms with Crippen molar-refractivity contribution in [1.29, 1.82) is 0 Å². The molecule has 3 rings (SSSR count). The van der Waals surface area contributed by atoms with E-state index in [4.69, 9.17) is 18.9 Å². The predicted octanol–water partition coefficient (Wildman–Crippen LogP) is 0.696. The number of esters is 3. The van der Waals surface area contributed by atoms with E-state index in [-0.39, 0.29) is 4.90 Å². The van der Waals surface area contributed by atoms with Crippen molar-refractivity contribution in [2.24, 2.45) is 0 Å². The minimum atomic E-state index is -4.35. The van der Waals surface area contributed by atoms with Crippen LogP contribution in [0.1, 0.15) is 20.8 Å². The summed E-state index contributed by atoms with van der Waals surface area (Å²) in [5.74, 6) is -2.28. The van der Waals surface area contributed by atoms with Gasteiger partial charge >= 0.3 is 17.9 Å². The van der Waals surface area contributed by atoms with Crippen molar-refractivity contribution in [3.05, 3.63) is 36.4 Å². The zero-order valence-corrected chi connectivity index (χ0v) is 21.9. The van der Waals surface area contributed by atoms with Gasteiger partial charge in [-0.05, 0) is 12.1 Å². The van der Waals surface area contributed by atoms with Crippen LogP contribution in [0.15, 0.2) is 41.3 Å². The van der Waals surface area contributed by atoms with Crippen molar-refractivity contribution in [2.45, 2.75) is 56.3 Å². The molecule has 1 unspecified atom stereocenters. The van der Waals surface area contributed by atoms with Gasteiger partial charge in [-0.1, -0.05) is 24.3 Å². The molecule has 0 bridgehead atoms. The number of hydrogen-bond donors (Lipinski definition) is 2. The fourth-order valence-electron chi connectivity index (χ4n) is 4.18. The van der Waals surface area contributed by atoms with Crippen molar-refractivity contribution in [1.82, 2.24) is 4.72 Å². The monoisotopic (exact) mass is 538 g/mol. The smallest absolute Gasteiger partial charge is 0.303 e. The van der Waals surface area contributed by atoms with E-state index in [9.17, 15) is 27.9 Å². The molecular formula is C24H30N2O10S. The van der Waals surface area contributed by atoms with Gasteiger partial charge in [0.05, 0.1) is 4.90 Å². The Morgan fingerprint density at radius 2 is 1.54 bits per heavy atom. The molecule has 12 nitrogen and oxygen atoms in total. The summed E-state index contributed by atoms with van der Waals surface area (Å²) < 4.78 is 50.5. The van der Waals surface area contributed by atoms with E-state index in [1.165, 1.54) is 6.07 Å². The number of carbonyl (C=O) groups excluding carboxylic acids is 3. The van der Waals surface area contributed by atoms with E-state index in [0.29, 0.717) is 10.8 Å². The lowest BCUT2D eigenvalue weighted by Crippen LogP contribution is -2.66. The number of anilines is 1. The Bertz CT molecular complexity index is 1280. The largest absolute Gasteiger partial charge is 0.463 e. The second-order valence-corrected chi connectivity index (χ2v) is 10.4. The molecule has 0 aliphatic carbocycles. The Hall–Kier alpha value is -3.26. The van der Waals surface area contributed by atoms with Crippen LogP contribution in [-0.4, -0.2) is 82.8 Å². The first-order chi connectivity index (χ1) is 17.3. The molecule has 5 atom stereocenters. The van der Waals surface area contributed by atoms with Gasteiger partial charge in [-0.3, -0.25) is 14.4 Å². The Kier molecular flexibility index (Phi) is 8.74. The third-order valence-corrected chi connectivity index (χ3v) is 7.16. The van der Waals surface area contributed by atoms with Crippen LogP contribution in [0.25, 0.3) is 10.8 Å². The van der Waals surface area contributed by atoms with Crippen molar-refractivity contribution < 1.29 is 46.9 Å². The number of nitrogens with one attached hydrogen (secondary N) is 1. The zero-order valence-electron chi connectivity index (χ0n) is 21.0. The molecular weight excluding hydrogens is 508 g/mol. The van der Waals surface area contributed by atoms with Crippen LogP contribution >= 0.6 is 0 Å². The molecule has 0 aromatic heterocycles. The summed E-state index contributed by atoms with van der Waals surface area (Å²) in [6.45, 7) is 2.87. The highest BCUT2D eigenvalue weighted by molar-refractivity contribution is 7.89. The molecule has 0 saturated carbocycles. The lowest BCUT2D eigenvalue weighted by Gasteiger charge is -2.43. The topological polar surface area (TPSA) is 158 Å². The fourth-order valence-corrected chi connectivity index (χ4v) is 5.64. The number of hydrogen-bond acceptors (Lipinski definition) is 11. The molecule has 202 valence electrons. The number of rotatable bonds is 8. The quantitative estimate of drug-likeness (QED) is 0.360. The minimum absolute atomic E-state index is 0.0893. The number of aliphatic hydroxyl groups excluding tert-OH is 1. The first kappa shape index (κ1) is 28.3. The number of fused-ring (bicyclic) bond motifs is 1. The molecule has 1 heterocycles. The summed E-state index contributed by atoms with van der Waals surface area (Å²) in [5, 5.41) is 11.8. The van der Waals surface area contributed by atoms with E-state index in [1.54, 1.807) is 24.3 Å². The third-order valence-electron chi connectivity index (χ3n) is 5.64. The number of ether oxygens (including phenoxy) is 4. The second-order valence-electron chi connectivity index (χ2n) is 8.69. The molecule has 1 fully saturated rings. The molecule has 1 saturated heterocycles. The molecule has 2 aromatic carbocycles. The molecule has 0 spiro atoms. The van der Waals surface area contributed by atoms with Crippen LogP contribution in [0.3, 0.4) is 0 Å². The van der Waals surface area contributed by atoms with Gasteiger partial charge in [0.1, 0.15) is 18.8 Å². The van der Waals surface area contributed by atoms with Gasteiger partial charge in [0, 0.05) is 51.3 Å². The predicted molar refractivity (Wildman–Crippen MR) is 131 cm³/mol. The first-order valence-corrected chi connectivity index (χ1v) is 12.8. The Balaban J connectivity index is 2.04. The maximum absolute atomic E-state index is 13.6. The standard InChI is InChI=1S/C24H30N2O10S/c1-13(27)33-12-19-22(34-14(2)28)23(35-15(3)29)21(24(30)36-19)25-37(31,32)20-11-7-8-16-17(20)9-6-10-18(16)26(4)5/h6-11,19,21-25,30H,12H2,1-5H3/t19-,21-,22-,23-,24?/m1/s1. The molecule has 1 aliphatic heterocycles. The number of nitrogens with zero attached hydrogens (tertiary/aromatic N) is 1. The molecule has 2 aromatic rings. The maximum Gasteiger partial charge on any atom is 0.303 e. The Morgan fingerprint density at radius 1 is 0.946 bits per heavy atom. The summed E-state index contributed by atoms with van der Waals surface area (Å²) in [7, 11) is -0.695. The molecule has 2 N–H and O–H groups in total. The van der Waals surface area contributed by atoms with Crippen LogP contribution in [0, 0.1) is 0 Å². The minimum Gasteiger partial charge on any atom is -0.463 e. The Labute approximate surface area is 214 Å². The van der Waals surface area contributed by atoms with Crippen molar-refractivity contribution >= 4 is 44.4 Å². The average molecular weight is 539 g/mol. The average Bonchev–Trinajstić information content (AvgIpc) is 2.80.